The molecule has 0 aromatic rings. The van der Waals surface area contributed by atoms with Gasteiger partial charge in [-0.05, 0) is 13.0 Å². The molecule has 0 atom stereocenters. The maximum Gasteiger partial charge on any atom is 0.0259 e. The fourth-order valence-electron chi connectivity index (χ4n) is 1.67. The highest BCUT2D eigenvalue weighted by Crippen LogP contribution is 2.02. The highest BCUT2D eigenvalue weighted by atomic mass is 15.5. The molecule has 0 aromatic heterocycles. The van der Waals surface area contributed by atoms with E-state index < -0.39 is 0 Å². The van der Waals surface area contributed by atoms with Gasteiger partial charge in [0.1, 0.15) is 0 Å². The van der Waals surface area contributed by atoms with Crippen LogP contribution in [0.3, 0.4) is 0 Å². The van der Waals surface area contributed by atoms with E-state index in [1.807, 2.05) is 7.05 Å². The van der Waals surface area contributed by atoms with Crippen LogP contribution in [0.5, 0.6) is 0 Å². The fraction of sp³-hybridized carbons (Fsp3) is 1.00. The maximum atomic E-state index is 3.18. The van der Waals surface area contributed by atoms with E-state index in [1.165, 1.54) is 19.6 Å². The first-order valence-corrected chi connectivity index (χ1v) is 4.87. The maximum absolute atomic E-state index is 3.18. The Hall–Kier alpha value is -0.120. The number of rotatable bonds is 3. The number of piperazine rings is 1. The van der Waals surface area contributed by atoms with E-state index in [4.69, 9.17) is 0 Å². The third kappa shape index (κ3) is 3.09. The predicted octanol–water partition coefficient (Wildman–Crippen LogP) is 0.394. The summed E-state index contributed by atoms with van der Waals surface area (Å²) in [5.74, 6) is 0.797. The summed E-state index contributed by atoms with van der Waals surface area (Å²) in [6, 6.07) is 0. The largest absolute Gasteiger partial charge is 0.300 e. The summed E-state index contributed by atoms with van der Waals surface area (Å²) in [4.78, 5) is 2.54. The first-order chi connectivity index (χ1) is 5.72. The van der Waals surface area contributed by atoms with Gasteiger partial charge in [0.25, 0.3) is 0 Å². The molecule has 12 heavy (non-hydrogen) atoms. The molecule has 0 saturated carbocycles. The average Bonchev–Trinajstić information content (AvgIpc) is 2.05. The van der Waals surface area contributed by atoms with Crippen LogP contribution in [0.2, 0.25) is 0 Å². The van der Waals surface area contributed by atoms with Crippen LogP contribution in [0.1, 0.15) is 13.8 Å². The minimum atomic E-state index is 0.797. The zero-order valence-corrected chi connectivity index (χ0v) is 8.51. The Morgan fingerprint density at radius 1 is 1.17 bits per heavy atom. The van der Waals surface area contributed by atoms with Gasteiger partial charge in [0, 0.05) is 32.7 Å². The molecule has 3 nitrogen and oxygen atoms in total. The fourth-order valence-corrected chi connectivity index (χ4v) is 1.67. The number of hydrogen-bond acceptors (Lipinski definition) is 3. The van der Waals surface area contributed by atoms with Crippen LogP contribution >= 0.6 is 0 Å². The van der Waals surface area contributed by atoms with E-state index in [0.717, 1.165) is 19.0 Å². The van der Waals surface area contributed by atoms with Crippen LogP contribution in [0.4, 0.5) is 0 Å². The van der Waals surface area contributed by atoms with Gasteiger partial charge in [-0.15, -0.1) is 0 Å². The highest BCUT2D eigenvalue weighted by Gasteiger charge is 2.15. The molecule has 0 radical (unpaired) electrons. The number of nitrogens with one attached hydrogen (secondary N) is 1. The minimum absolute atomic E-state index is 0.797. The van der Waals surface area contributed by atoms with Crippen molar-refractivity contribution in [1.29, 1.82) is 0 Å². The van der Waals surface area contributed by atoms with E-state index in [2.05, 4.69) is 29.2 Å². The Kier molecular flexibility index (Phi) is 3.98. The Morgan fingerprint density at radius 3 is 2.17 bits per heavy atom. The molecule has 0 unspecified atom stereocenters. The van der Waals surface area contributed by atoms with Gasteiger partial charge in [-0.25, -0.2) is 5.01 Å². The molecule has 0 aliphatic carbocycles. The van der Waals surface area contributed by atoms with Crippen molar-refractivity contribution in [3.05, 3.63) is 0 Å². The third-order valence-corrected chi connectivity index (χ3v) is 2.31. The Morgan fingerprint density at radius 2 is 1.75 bits per heavy atom. The monoisotopic (exact) mass is 171 g/mol. The highest BCUT2D eigenvalue weighted by molar-refractivity contribution is 4.69. The molecule has 0 spiro atoms. The second-order valence-electron chi connectivity index (χ2n) is 3.91. The van der Waals surface area contributed by atoms with Gasteiger partial charge in [0.15, 0.2) is 0 Å². The molecule has 1 fully saturated rings. The summed E-state index contributed by atoms with van der Waals surface area (Å²) >= 11 is 0. The van der Waals surface area contributed by atoms with E-state index in [1.54, 1.807) is 0 Å². The standard InChI is InChI=1S/C9H21N3/c1-9(2)8-11-4-6-12(10-3)7-5-11/h9-10H,4-8H2,1-3H3. The van der Waals surface area contributed by atoms with Gasteiger partial charge < -0.3 is 4.90 Å². The molecule has 1 rings (SSSR count). The Balaban J connectivity index is 2.17. The first-order valence-electron chi connectivity index (χ1n) is 4.87. The molecule has 1 aliphatic rings. The second-order valence-corrected chi connectivity index (χ2v) is 3.91. The normalized spacial score (nSPS) is 22.0. The molecule has 3 heteroatoms. The van der Waals surface area contributed by atoms with Crippen molar-refractivity contribution in [3.8, 4) is 0 Å². The lowest BCUT2D eigenvalue weighted by atomic mass is 10.2. The lowest BCUT2D eigenvalue weighted by Gasteiger charge is -2.34. The van der Waals surface area contributed by atoms with Crippen LogP contribution in [-0.4, -0.2) is 49.7 Å². The molecular weight excluding hydrogens is 150 g/mol. The van der Waals surface area contributed by atoms with Gasteiger partial charge in [-0.3, -0.25) is 5.43 Å². The van der Waals surface area contributed by atoms with Gasteiger partial charge >= 0.3 is 0 Å². The Labute approximate surface area is 75.7 Å². The summed E-state index contributed by atoms with van der Waals surface area (Å²) in [6.45, 7) is 10.5. The summed E-state index contributed by atoms with van der Waals surface area (Å²) in [7, 11) is 2.00. The number of hydrogen-bond donors (Lipinski definition) is 1. The molecule has 1 N–H and O–H groups in total. The van der Waals surface area contributed by atoms with Crippen molar-refractivity contribution < 1.29 is 0 Å². The van der Waals surface area contributed by atoms with Crippen LogP contribution in [0, 0.1) is 5.92 Å². The Bertz CT molecular complexity index is 117. The van der Waals surface area contributed by atoms with E-state index in [0.29, 0.717) is 0 Å². The zero-order valence-electron chi connectivity index (χ0n) is 8.51. The zero-order chi connectivity index (χ0) is 8.97. The van der Waals surface area contributed by atoms with Crippen molar-refractivity contribution in [2.24, 2.45) is 5.92 Å². The molecule has 0 aromatic carbocycles. The van der Waals surface area contributed by atoms with Crippen molar-refractivity contribution in [3.63, 3.8) is 0 Å². The van der Waals surface area contributed by atoms with Crippen molar-refractivity contribution >= 4 is 0 Å². The van der Waals surface area contributed by atoms with Crippen LogP contribution in [0.25, 0.3) is 0 Å². The molecular formula is C9H21N3. The van der Waals surface area contributed by atoms with Crippen molar-refractivity contribution in [2.45, 2.75) is 13.8 Å². The van der Waals surface area contributed by atoms with E-state index in [-0.39, 0.29) is 0 Å². The third-order valence-electron chi connectivity index (χ3n) is 2.31. The summed E-state index contributed by atoms with van der Waals surface area (Å²) in [6.07, 6.45) is 0. The van der Waals surface area contributed by atoms with Crippen LogP contribution in [-0.2, 0) is 0 Å². The van der Waals surface area contributed by atoms with Gasteiger partial charge in [-0.2, -0.15) is 0 Å². The number of nitrogens with zero attached hydrogens (tertiary/aromatic N) is 2. The molecule has 0 amide bonds. The molecule has 0 bridgehead atoms. The second kappa shape index (κ2) is 4.80. The predicted molar refractivity (Wildman–Crippen MR) is 51.9 cm³/mol. The quantitative estimate of drug-likeness (QED) is 0.663. The van der Waals surface area contributed by atoms with Gasteiger partial charge in [-0.1, -0.05) is 13.8 Å². The first kappa shape index (κ1) is 9.96. The lowest BCUT2D eigenvalue weighted by molar-refractivity contribution is 0.0917. The number of hydrazine groups is 1. The van der Waals surface area contributed by atoms with E-state index >= 15 is 0 Å². The van der Waals surface area contributed by atoms with Crippen molar-refractivity contribution in [2.75, 3.05) is 39.8 Å². The molecule has 1 saturated heterocycles. The molecule has 1 aliphatic heterocycles. The molecule has 72 valence electrons. The SMILES string of the molecule is CNN1CCN(CC(C)C)CC1. The summed E-state index contributed by atoms with van der Waals surface area (Å²) in [5, 5.41) is 2.27. The summed E-state index contributed by atoms with van der Waals surface area (Å²) in [5.41, 5.74) is 3.18. The van der Waals surface area contributed by atoms with Gasteiger partial charge in [0.05, 0.1) is 0 Å². The van der Waals surface area contributed by atoms with Crippen molar-refractivity contribution in [1.82, 2.24) is 15.3 Å². The topological polar surface area (TPSA) is 18.5 Å². The summed E-state index contributed by atoms with van der Waals surface area (Å²) < 4.78 is 0. The van der Waals surface area contributed by atoms with Crippen LogP contribution in [0.15, 0.2) is 0 Å². The van der Waals surface area contributed by atoms with Crippen LogP contribution < -0.4 is 5.43 Å². The van der Waals surface area contributed by atoms with Gasteiger partial charge in [0.2, 0.25) is 0 Å². The smallest absolute Gasteiger partial charge is 0.0259 e. The average molecular weight is 171 g/mol. The minimum Gasteiger partial charge on any atom is -0.300 e. The lowest BCUT2D eigenvalue weighted by Crippen LogP contribution is -2.51. The molecule has 1 heterocycles. The van der Waals surface area contributed by atoms with E-state index in [9.17, 15) is 0 Å².